The third kappa shape index (κ3) is 3.19. The van der Waals surface area contributed by atoms with Crippen molar-refractivity contribution in [2.75, 3.05) is 46.4 Å². The van der Waals surface area contributed by atoms with Crippen LogP contribution in [0.15, 0.2) is 0 Å². The molecule has 2 atom stereocenters. The van der Waals surface area contributed by atoms with Crippen LogP contribution in [0.5, 0.6) is 0 Å². The number of hydrogen-bond acceptors (Lipinski definition) is 3. The average molecular weight is 226 g/mol. The van der Waals surface area contributed by atoms with E-state index in [0.717, 1.165) is 12.5 Å². The molecule has 0 aliphatic carbocycles. The zero-order valence-electron chi connectivity index (χ0n) is 10.6. The molecule has 16 heavy (non-hydrogen) atoms. The molecular formula is C13H26N2O. The lowest BCUT2D eigenvalue weighted by Crippen LogP contribution is -2.38. The third-order valence-electron chi connectivity index (χ3n) is 4.27. The summed E-state index contributed by atoms with van der Waals surface area (Å²) < 4.78 is 0. The monoisotopic (exact) mass is 226 g/mol. The van der Waals surface area contributed by atoms with Crippen molar-refractivity contribution in [1.29, 1.82) is 0 Å². The Morgan fingerprint density at radius 2 is 1.94 bits per heavy atom. The Balaban J connectivity index is 1.80. The molecule has 0 bridgehead atoms. The van der Waals surface area contributed by atoms with Crippen molar-refractivity contribution in [3.8, 4) is 0 Å². The predicted octanol–water partition coefficient (Wildman–Crippen LogP) is 1.03. The van der Waals surface area contributed by atoms with E-state index in [2.05, 4.69) is 16.8 Å². The summed E-state index contributed by atoms with van der Waals surface area (Å²) in [7, 11) is 2.19. The second kappa shape index (κ2) is 5.99. The Morgan fingerprint density at radius 3 is 2.50 bits per heavy atom. The van der Waals surface area contributed by atoms with Crippen molar-refractivity contribution >= 4 is 0 Å². The maximum absolute atomic E-state index is 9.56. The minimum Gasteiger partial charge on any atom is -0.396 e. The molecule has 0 aromatic carbocycles. The summed E-state index contributed by atoms with van der Waals surface area (Å²) in [6, 6.07) is 0. The van der Waals surface area contributed by atoms with Crippen LogP contribution in [0, 0.1) is 11.8 Å². The summed E-state index contributed by atoms with van der Waals surface area (Å²) in [5, 5.41) is 9.56. The van der Waals surface area contributed by atoms with Gasteiger partial charge in [-0.05, 0) is 57.8 Å². The highest BCUT2D eigenvalue weighted by Gasteiger charge is 2.28. The van der Waals surface area contributed by atoms with E-state index in [-0.39, 0.29) is 0 Å². The van der Waals surface area contributed by atoms with Crippen molar-refractivity contribution in [3.63, 3.8) is 0 Å². The Labute approximate surface area is 99.4 Å². The molecule has 2 aliphatic heterocycles. The van der Waals surface area contributed by atoms with Crippen LogP contribution in [0.4, 0.5) is 0 Å². The van der Waals surface area contributed by atoms with Gasteiger partial charge in [0.25, 0.3) is 0 Å². The fraction of sp³-hybridized carbons (Fsp3) is 1.00. The van der Waals surface area contributed by atoms with Crippen LogP contribution < -0.4 is 0 Å². The molecule has 3 heteroatoms. The van der Waals surface area contributed by atoms with Crippen molar-refractivity contribution in [3.05, 3.63) is 0 Å². The minimum absolute atomic E-state index is 0.370. The highest BCUT2D eigenvalue weighted by Crippen LogP contribution is 2.24. The summed E-state index contributed by atoms with van der Waals surface area (Å²) in [5.74, 6) is 1.22. The van der Waals surface area contributed by atoms with Crippen LogP contribution in [0.25, 0.3) is 0 Å². The number of aliphatic hydroxyl groups excluding tert-OH is 1. The SMILES string of the molecule is CN1CCC(C(CO)CN2CCCCC2)C1. The van der Waals surface area contributed by atoms with Gasteiger partial charge in [0.2, 0.25) is 0 Å². The molecule has 2 aliphatic rings. The molecule has 1 N–H and O–H groups in total. The Kier molecular flexibility index (Phi) is 4.62. The fourth-order valence-electron chi connectivity index (χ4n) is 3.18. The zero-order valence-corrected chi connectivity index (χ0v) is 10.6. The van der Waals surface area contributed by atoms with Gasteiger partial charge in [0.15, 0.2) is 0 Å². The van der Waals surface area contributed by atoms with Crippen molar-refractivity contribution in [2.45, 2.75) is 25.7 Å². The molecule has 2 heterocycles. The second-order valence-corrected chi connectivity index (χ2v) is 5.61. The quantitative estimate of drug-likeness (QED) is 0.776. The standard InChI is InChI=1S/C13H26N2O/c1-14-8-5-12(9-14)13(11-16)10-15-6-3-2-4-7-15/h12-13,16H,2-11H2,1H3. The highest BCUT2D eigenvalue weighted by atomic mass is 16.3. The van der Waals surface area contributed by atoms with Crippen molar-refractivity contribution < 1.29 is 5.11 Å². The Bertz CT molecular complexity index is 204. The zero-order chi connectivity index (χ0) is 11.4. The molecule has 2 rings (SSSR count). The van der Waals surface area contributed by atoms with Gasteiger partial charge in [0.1, 0.15) is 0 Å². The maximum Gasteiger partial charge on any atom is 0.0474 e. The van der Waals surface area contributed by atoms with Gasteiger partial charge >= 0.3 is 0 Å². The summed E-state index contributed by atoms with van der Waals surface area (Å²) >= 11 is 0. The average Bonchev–Trinajstić information content (AvgIpc) is 2.74. The van der Waals surface area contributed by atoms with E-state index in [9.17, 15) is 5.11 Å². The number of likely N-dealkylation sites (tertiary alicyclic amines) is 2. The smallest absolute Gasteiger partial charge is 0.0474 e. The Hall–Kier alpha value is -0.120. The summed E-state index contributed by atoms with van der Waals surface area (Å²) in [5.41, 5.74) is 0. The van der Waals surface area contributed by atoms with Crippen LogP contribution in [0.2, 0.25) is 0 Å². The van der Waals surface area contributed by atoms with E-state index >= 15 is 0 Å². The second-order valence-electron chi connectivity index (χ2n) is 5.61. The first-order valence-electron chi connectivity index (χ1n) is 6.81. The van der Waals surface area contributed by atoms with E-state index < -0.39 is 0 Å². The lowest BCUT2D eigenvalue weighted by Gasteiger charge is -2.32. The van der Waals surface area contributed by atoms with Gasteiger partial charge in [-0.2, -0.15) is 0 Å². The molecule has 2 unspecified atom stereocenters. The predicted molar refractivity (Wildman–Crippen MR) is 66.5 cm³/mol. The van der Waals surface area contributed by atoms with Gasteiger partial charge in [0.05, 0.1) is 0 Å². The van der Waals surface area contributed by atoms with Crippen LogP contribution in [-0.2, 0) is 0 Å². The van der Waals surface area contributed by atoms with E-state index in [1.807, 2.05) is 0 Å². The number of piperidine rings is 1. The number of hydrogen-bond donors (Lipinski definition) is 1. The van der Waals surface area contributed by atoms with Crippen molar-refractivity contribution in [1.82, 2.24) is 9.80 Å². The molecule has 94 valence electrons. The van der Waals surface area contributed by atoms with Crippen LogP contribution in [0.1, 0.15) is 25.7 Å². The molecule has 0 spiro atoms. The largest absolute Gasteiger partial charge is 0.396 e. The molecule has 2 saturated heterocycles. The molecule has 3 nitrogen and oxygen atoms in total. The van der Waals surface area contributed by atoms with E-state index in [4.69, 9.17) is 0 Å². The summed E-state index contributed by atoms with van der Waals surface area (Å²) in [6.45, 7) is 6.38. The molecule has 0 aromatic rings. The third-order valence-corrected chi connectivity index (χ3v) is 4.27. The summed E-state index contributed by atoms with van der Waals surface area (Å²) in [6.07, 6.45) is 5.37. The van der Waals surface area contributed by atoms with E-state index in [0.29, 0.717) is 12.5 Å². The van der Waals surface area contributed by atoms with Crippen LogP contribution in [0.3, 0.4) is 0 Å². The van der Waals surface area contributed by atoms with Crippen LogP contribution in [-0.4, -0.2) is 61.3 Å². The molecule has 0 amide bonds. The maximum atomic E-state index is 9.56. The number of aliphatic hydroxyl groups is 1. The number of rotatable bonds is 4. The first-order valence-corrected chi connectivity index (χ1v) is 6.81. The molecule has 0 aromatic heterocycles. The molecule has 2 fully saturated rings. The normalized spacial score (nSPS) is 30.8. The van der Waals surface area contributed by atoms with E-state index in [1.165, 1.54) is 51.9 Å². The van der Waals surface area contributed by atoms with Crippen LogP contribution >= 0.6 is 0 Å². The van der Waals surface area contributed by atoms with Gasteiger partial charge in [0, 0.05) is 19.7 Å². The van der Waals surface area contributed by atoms with Crippen molar-refractivity contribution in [2.24, 2.45) is 11.8 Å². The Morgan fingerprint density at radius 1 is 1.19 bits per heavy atom. The van der Waals surface area contributed by atoms with Gasteiger partial charge < -0.3 is 14.9 Å². The molecular weight excluding hydrogens is 200 g/mol. The highest BCUT2D eigenvalue weighted by molar-refractivity contribution is 4.81. The minimum atomic E-state index is 0.370. The van der Waals surface area contributed by atoms with Gasteiger partial charge in [-0.25, -0.2) is 0 Å². The number of nitrogens with zero attached hydrogens (tertiary/aromatic N) is 2. The van der Waals surface area contributed by atoms with E-state index in [1.54, 1.807) is 0 Å². The summed E-state index contributed by atoms with van der Waals surface area (Å²) in [4.78, 5) is 4.95. The van der Waals surface area contributed by atoms with Gasteiger partial charge in [-0.1, -0.05) is 6.42 Å². The lowest BCUT2D eigenvalue weighted by molar-refractivity contribution is 0.112. The lowest BCUT2D eigenvalue weighted by atomic mass is 9.91. The first-order chi connectivity index (χ1) is 7.79. The fourth-order valence-corrected chi connectivity index (χ4v) is 3.18. The topological polar surface area (TPSA) is 26.7 Å². The van der Waals surface area contributed by atoms with Gasteiger partial charge in [-0.3, -0.25) is 0 Å². The molecule has 0 radical (unpaired) electrons. The first kappa shape index (κ1) is 12.3. The molecule has 0 saturated carbocycles. The van der Waals surface area contributed by atoms with Gasteiger partial charge in [-0.15, -0.1) is 0 Å².